The maximum Gasteiger partial charge on any atom is 0.240 e. The number of aliphatic hydroxyl groups excluding tert-OH is 7. The van der Waals surface area contributed by atoms with E-state index in [0.717, 1.165) is 0 Å². The molecule has 27 heavy (non-hydrogen) atoms. The number of hydrogen-bond donors (Lipinski definition) is 8. The van der Waals surface area contributed by atoms with E-state index in [4.69, 9.17) is 19.0 Å². The summed E-state index contributed by atoms with van der Waals surface area (Å²) >= 11 is 0. The Kier molecular flexibility index (Phi) is 7.84. The Hall–Kier alpha value is -0.970. The van der Waals surface area contributed by atoms with Gasteiger partial charge in [0.1, 0.15) is 55.4 Å². The first-order valence-corrected chi connectivity index (χ1v) is 8.21. The predicted octanol–water partition coefficient (Wildman–Crippen LogP) is -5.32. The Bertz CT molecular complexity index is 493. The van der Waals surface area contributed by atoms with Gasteiger partial charge in [0.15, 0.2) is 12.6 Å². The van der Waals surface area contributed by atoms with E-state index < -0.39 is 80.5 Å². The number of ether oxygens (including phenoxy) is 3. The van der Waals surface area contributed by atoms with Crippen LogP contribution in [-0.2, 0) is 23.8 Å². The van der Waals surface area contributed by atoms with Crippen molar-refractivity contribution in [2.45, 2.75) is 68.3 Å². The standard InChI is InChI=1S/C14H25NO12/c1-4(17)15-24-3-6-7(18)8(19)11(22)14(26-6)27-12-5(2-16)25-13(23)10(21)9(12)20/h5-14,16,18-23H,2-3H2,1H3,(H,15,17)/t5-,6-,7+,8+,9-,10-,11-,12-,13+,14+/m1/s1. The van der Waals surface area contributed by atoms with Crippen molar-refractivity contribution < 1.29 is 59.6 Å². The van der Waals surface area contributed by atoms with Crippen molar-refractivity contribution in [3.05, 3.63) is 0 Å². The van der Waals surface area contributed by atoms with Crippen LogP contribution in [0.15, 0.2) is 0 Å². The number of hydrogen-bond acceptors (Lipinski definition) is 12. The molecule has 13 heteroatoms. The van der Waals surface area contributed by atoms with Crippen LogP contribution in [0.5, 0.6) is 0 Å². The molecule has 2 fully saturated rings. The van der Waals surface area contributed by atoms with Crippen LogP contribution in [0.2, 0.25) is 0 Å². The summed E-state index contributed by atoms with van der Waals surface area (Å²) in [6.07, 6.45) is -15.8. The van der Waals surface area contributed by atoms with Gasteiger partial charge in [-0.25, -0.2) is 5.48 Å². The molecule has 1 amide bonds. The molecule has 2 rings (SSSR count). The minimum Gasteiger partial charge on any atom is -0.394 e. The molecule has 0 aromatic rings. The van der Waals surface area contributed by atoms with Crippen molar-refractivity contribution in [3.63, 3.8) is 0 Å². The highest BCUT2D eigenvalue weighted by atomic mass is 16.7. The number of amides is 1. The zero-order chi connectivity index (χ0) is 20.3. The summed E-state index contributed by atoms with van der Waals surface area (Å²) in [4.78, 5) is 15.6. The highest BCUT2D eigenvalue weighted by molar-refractivity contribution is 5.71. The molecular weight excluding hydrogens is 374 g/mol. The fourth-order valence-corrected chi connectivity index (χ4v) is 2.78. The molecule has 0 aromatic carbocycles. The van der Waals surface area contributed by atoms with Crippen LogP contribution >= 0.6 is 0 Å². The normalized spacial score (nSPS) is 45.5. The Balaban J connectivity index is 2.07. The average Bonchev–Trinajstić information content (AvgIpc) is 2.63. The van der Waals surface area contributed by atoms with Gasteiger partial charge in [0, 0.05) is 6.92 Å². The lowest BCUT2D eigenvalue weighted by atomic mass is 9.97. The fourth-order valence-electron chi connectivity index (χ4n) is 2.78. The topological polar surface area (TPSA) is 208 Å². The van der Waals surface area contributed by atoms with Gasteiger partial charge in [0.05, 0.1) is 6.61 Å². The van der Waals surface area contributed by atoms with Crippen LogP contribution in [0.4, 0.5) is 0 Å². The van der Waals surface area contributed by atoms with Crippen LogP contribution in [0.3, 0.4) is 0 Å². The molecule has 158 valence electrons. The molecule has 2 saturated heterocycles. The lowest BCUT2D eigenvalue weighted by Gasteiger charge is -2.45. The third-order valence-electron chi connectivity index (χ3n) is 4.26. The summed E-state index contributed by atoms with van der Waals surface area (Å²) < 4.78 is 15.6. The highest BCUT2D eigenvalue weighted by Gasteiger charge is 2.50. The second kappa shape index (κ2) is 9.49. The van der Waals surface area contributed by atoms with Crippen molar-refractivity contribution in [3.8, 4) is 0 Å². The number of carbonyl (C=O) groups excluding carboxylic acids is 1. The Labute approximate surface area is 153 Å². The van der Waals surface area contributed by atoms with Gasteiger partial charge >= 0.3 is 0 Å². The summed E-state index contributed by atoms with van der Waals surface area (Å²) in [5, 5.41) is 68.6. The predicted molar refractivity (Wildman–Crippen MR) is 81.3 cm³/mol. The first-order chi connectivity index (χ1) is 12.7. The zero-order valence-electron chi connectivity index (χ0n) is 14.4. The fraction of sp³-hybridized carbons (Fsp3) is 0.929. The first-order valence-electron chi connectivity index (χ1n) is 8.21. The second-order valence-corrected chi connectivity index (χ2v) is 6.31. The second-order valence-electron chi connectivity index (χ2n) is 6.31. The zero-order valence-corrected chi connectivity index (χ0v) is 14.4. The van der Waals surface area contributed by atoms with E-state index in [1.54, 1.807) is 0 Å². The van der Waals surface area contributed by atoms with Crippen molar-refractivity contribution >= 4 is 5.91 Å². The molecule has 0 radical (unpaired) electrons. The quantitative estimate of drug-likeness (QED) is 0.197. The number of hydroxylamine groups is 1. The van der Waals surface area contributed by atoms with E-state index in [-0.39, 0.29) is 0 Å². The van der Waals surface area contributed by atoms with Gasteiger partial charge in [0.2, 0.25) is 5.91 Å². The number of carbonyl (C=O) groups is 1. The highest BCUT2D eigenvalue weighted by Crippen LogP contribution is 2.28. The van der Waals surface area contributed by atoms with Gasteiger partial charge in [0.25, 0.3) is 0 Å². The molecule has 0 unspecified atom stereocenters. The number of rotatable bonds is 6. The third kappa shape index (κ3) is 5.10. The van der Waals surface area contributed by atoms with Gasteiger partial charge in [-0.3, -0.25) is 9.63 Å². The van der Waals surface area contributed by atoms with Gasteiger partial charge < -0.3 is 50.0 Å². The Morgan fingerprint density at radius 3 is 2.19 bits per heavy atom. The van der Waals surface area contributed by atoms with Gasteiger partial charge in [-0.1, -0.05) is 0 Å². The minimum absolute atomic E-state index is 0.404. The molecule has 8 N–H and O–H groups in total. The summed E-state index contributed by atoms with van der Waals surface area (Å²) in [6.45, 7) is 0.0787. The molecular formula is C14H25NO12. The average molecular weight is 399 g/mol. The van der Waals surface area contributed by atoms with E-state index in [0.29, 0.717) is 0 Å². The molecule has 2 aliphatic rings. The Morgan fingerprint density at radius 2 is 1.59 bits per heavy atom. The van der Waals surface area contributed by atoms with Crippen LogP contribution in [0.1, 0.15) is 6.92 Å². The maximum atomic E-state index is 10.8. The summed E-state index contributed by atoms with van der Waals surface area (Å²) in [6, 6.07) is 0. The van der Waals surface area contributed by atoms with E-state index in [1.807, 2.05) is 5.48 Å². The molecule has 0 aromatic heterocycles. The molecule has 0 saturated carbocycles. The number of nitrogens with one attached hydrogen (secondary N) is 1. The molecule has 0 spiro atoms. The summed E-state index contributed by atoms with van der Waals surface area (Å²) in [5.41, 5.74) is 2.00. The van der Waals surface area contributed by atoms with Crippen LogP contribution < -0.4 is 5.48 Å². The van der Waals surface area contributed by atoms with E-state index in [2.05, 4.69) is 0 Å². The summed E-state index contributed by atoms with van der Waals surface area (Å²) in [7, 11) is 0. The van der Waals surface area contributed by atoms with Crippen molar-refractivity contribution in [1.29, 1.82) is 0 Å². The van der Waals surface area contributed by atoms with Gasteiger partial charge in [-0.15, -0.1) is 0 Å². The maximum absolute atomic E-state index is 10.8. The van der Waals surface area contributed by atoms with E-state index in [1.165, 1.54) is 6.92 Å². The number of aliphatic hydroxyl groups is 7. The minimum atomic E-state index is -1.76. The van der Waals surface area contributed by atoms with Crippen LogP contribution in [0, 0.1) is 0 Å². The monoisotopic (exact) mass is 399 g/mol. The molecule has 2 heterocycles. The van der Waals surface area contributed by atoms with Crippen molar-refractivity contribution in [1.82, 2.24) is 5.48 Å². The Morgan fingerprint density at radius 1 is 0.926 bits per heavy atom. The van der Waals surface area contributed by atoms with Gasteiger partial charge in [-0.2, -0.15) is 0 Å². The lowest BCUT2D eigenvalue weighted by molar-refractivity contribution is -0.356. The lowest BCUT2D eigenvalue weighted by Crippen LogP contribution is -2.64. The van der Waals surface area contributed by atoms with Crippen molar-refractivity contribution in [2.75, 3.05) is 13.2 Å². The molecule has 13 nitrogen and oxygen atoms in total. The van der Waals surface area contributed by atoms with Crippen LogP contribution in [-0.4, -0.2) is 116 Å². The molecule has 2 aliphatic heterocycles. The van der Waals surface area contributed by atoms with E-state index in [9.17, 15) is 40.5 Å². The van der Waals surface area contributed by atoms with E-state index >= 15 is 0 Å². The smallest absolute Gasteiger partial charge is 0.240 e. The van der Waals surface area contributed by atoms with Gasteiger partial charge in [-0.05, 0) is 0 Å². The molecule has 0 aliphatic carbocycles. The largest absolute Gasteiger partial charge is 0.394 e. The first kappa shape index (κ1) is 22.3. The third-order valence-corrected chi connectivity index (χ3v) is 4.26. The van der Waals surface area contributed by atoms with Crippen molar-refractivity contribution in [2.24, 2.45) is 0 Å². The van der Waals surface area contributed by atoms with Crippen LogP contribution in [0.25, 0.3) is 0 Å². The molecule has 0 bridgehead atoms. The molecule has 10 atom stereocenters. The SMILES string of the molecule is CC(=O)NOC[C@H]1O[C@@H](O[C@H]2[C@H](O)[C@@H](O)[C@@H](O)O[C@@H]2CO)[C@H](O)[C@@H](O)[C@H]1O. The summed E-state index contributed by atoms with van der Waals surface area (Å²) in [5.74, 6) is -0.519.